The molecular formula is C18H23ClN2O3. The van der Waals surface area contributed by atoms with Gasteiger partial charge in [0.25, 0.3) is 0 Å². The number of likely N-dealkylation sites (tertiary alicyclic amines) is 2. The number of hydrogen-bond acceptors (Lipinski definition) is 4. The van der Waals surface area contributed by atoms with Crippen LogP contribution >= 0.6 is 11.6 Å². The van der Waals surface area contributed by atoms with Crippen molar-refractivity contribution in [3.05, 3.63) is 34.9 Å². The summed E-state index contributed by atoms with van der Waals surface area (Å²) in [5.74, 6) is 0.828. The van der Waals surface area contributed by atoms with E-state index >= 15 is 0 Å². The lowest BCUT2D eigenvalue weighted by Gasteiger charge is -2.21. The number of methoxy groups -OCH3 is 1. The Morgan fingerprint density at radius 1 is 1.08 bits per heavy atom. The summed E-state index contributed by atoms with van der Waals surface area (Å²) in [6, 6.07) is 7.99. The minimum atomic E-state index is -0.322. The number of fused-ring (bicyclic) bond motifs is 1. The second-order valence-corrected chi connectivity index (χ2v) is 7.15. The van der Waals surface area contributed by atoms with E-state index < -0.39 is 0 Å². The maximum Gasteiger partial charge on any atom is 0.306 e. The van der Waals surface area contributed by atoms with Gasteiger partial charge in [-0.2, -0.15) is 0 Å². The summed E-state index contributed by atoms with van der Waals surface area (Å²) in [7, 11) is 1.35. The first kappa shape index (κ1) is 17.2. The van der Waals surface area contributed by atoms with Gasteiger partial charge in [0, 0.05) is 44.2 Å². The average molecular weight is 351 g/mol. The molecule has 0 N–H and O–H groups in total. The summed E-state index contributed by atoms with van der Waals surface area (Å²) >= 11 is 5.93. The van der Waals surface area contributed by atoms with Gasteiger partial charge < -0.3 is 9.64 Å². The third-order valence-electron chi connectivity index (χ3n) is 5.00. The number of amides is 1. The molecule has 3 rings (SSSR count). The quantitative estimate of drug-likeness (QED) is 0.764. The Morgan fingerprint density at radius 3 is 2.29 bits per heavy atom. The highest BCUT2D eigenvalue weighted by molar-refractivity contribution is 6.30. The van der Waals surface area contributed by atoms with Crippen LogP contribution in [0.5, 0.6) is 0 Å². The molecule has 6 heteroatoms. The van der Waals surface area contributed by atoms with Gasteiger partial charge in [-0.25, -0.2) is 0 Å². The number of hydrogen-bond donors (Lipinski definition) is 0. The second-order valence-electron chi connectivity index (χ2n) is 6.72. The lowest BCUT2D eigenvalue weighted by Crippen LogP contribution is -2.33. The topological polar surface area (TPSA) is 49.9 Å². The number of carbonyl (C=O) groups is 2. The Labute approximate surface area is 147 Å². The Balaban J connectivity index is 1.46. The Hall–Kier alpha value is -1.59. The van der Waals surface area contributed by atoms with E-state index in [0.29, 0.717) is 11.8 Å². The number of carbonyl (C=O) groups excluding carboxylic acids is 2. The normalized spacial score (nSPS) is 23.3. The molecule has 5 nitrogen and oxygen atoms in total. The Morgan fingerprint density at radius 2 is 1.71 bits per heavy atom. The first-order valence-corrected chi connectivity index (χ1v) is 8.74. The number of ether oxygens (including phenoxy) is 1. The number of benzene rings is 1. The molecule has 2 heterocycles. The fourth-order valence-corrected chi connectivity index (χ4v) is 3.87. The lowest BCUT2D eigenvalue weighted by molar-refractivity contribution is -0.143. The van der Waals surface area contributed by atoms with E-state index in [1.165, 1.54) is 12.7 Å². The van der Waals surface area contributed by atoms with Gasteiger partial charge in [0.1, 0.15) is 0 Å². The fraction of sp³-hybridized carbons (Fsp3) is 0.556. The van der Waals surface area contributed by atoms with Gasteiger partial charge in [-0.15, -0.1) is 0 Å². The molecule has 2 fully saturated rings. The van der Waals surface area contributed by atoms with E-state index in [-0.39, 0.29) is 24.7 Å². The molecule has 2 aliphatic rings. The van der Waals surface area contributed by atoms with Gasteiger partial charge in [-0.1, -0.05) is 23.7 Å². The van der Waals surface area contributed by atoms with Crippen LogP contribution in [0.3, 0.4) is 0 Å². The summed E-state index contributed by atoms with van der Waals surface area (Å²) in [6.45, 7) is 4.59. The van der Waals surface area contributed by atoms with Crippen molar-refractivity contribution in [1.29, 1.82) is 0 Å². The van der Waals surface area contributed by atoms with E-state index in [4.69, 9.17) is 11.6 Å². The van der Waals surface area contributed by atoms with Crippen LogP contribution in [0.4, 0.5) is 0 Å². The first-order valence-electron chi connectivity index (χ1n) is 8.36. The average Bonchev–Trinajstić information content (AvgIpc) is 3.12. The van der Waals surface area contributed by atoms with Gasteiger partial charge in [-0.05, 0) is 29.5 Å². The molecule has 2 aliphatic heterocycles. The molecule has 0 saturated carbocycles. The number of nitrogens with zero attached hydrogens (tertiary/aromatic N) is 2. The summed E-state index contributed by atoms with van der Waals surface area (Å²) in [4.78, 5) is 27.7. The number of rotatable bonds is 5. The lowest BCUT2D eigenvalue weighted by atomic mass is 10.0. The third kappa shape index (κ3) is 4.08. The van der Waals surface area contributed by atoms with E-state index in [9.17, 15) is 9.59 Å². The van der Waals surface area contributed by atoms with Gasteiger partial charge >= 0.3 is 5.97 Å². The van der Waals surface area contributed by atoms with Crippen molar-refractivity contribution < 1.29 is 14.3 Å². The zero-order chi connectivity index (χ0) is 17.1. The standard InChI is InChI=1S/C18H23ClN2O3/c1-24-18(23)7-6-17(22)21-11-14-9-20(10-15(14)12-21)8-13-2-4-16(19)5-3-13/h2-5,14-15H,6-12H2,1H3/t14-,15+. The van der Waals surface area contributed by atoms with Crippen LogP contribution in [0.25, 0.3) is 0 Å². The monoisotopic (exact) mass is 350 g/mol. The summed E-state index contributed by atoms with van der Waals surface area (Å²) in [5.41, 5.74) is 1.27. The zero-order valence-corrected chi connectivity index (χ0v) is 14.7. The summed E-state index contributed by atoms with van der Waals surface area (Å²) in [6.07, 6.45) is 0.421. The molecule has 0 aliphatic carbocycles. The predicted molar refractivity (Wildman–Crippen MR) is 91.5 cm³/mol. The van der Waals surface area contributed by atoms with Crippen LogP contribution in [0.1, 0.15) is 18.4 Å². The molecular weight excluding hydrogens is 328 g/mol. The highest BCUT2D eigenvalue weighted by atomic mass is 35.5. The van der Waals surface area contributed by atoms with Gasteiger partial charge in [0.05, 0.1) is 13.5 Å². The Kier molecular flexibility index (Phi) is 5.41. The van der Waals surface area contributed by atoms with Gasteiger partial charge in [0.2, 0.25) is 5.91 Å². The van der Waals surface area contributed by atoms with Crippen LogP contribution in [0, 0.1) is 11.8 Å². The van der Waals surface area contributed by atoms with Crippen LogP contribution in [0.2, 0.25) is 5.02 Å². The van der Waals surface area contributed by atoms with Crippen LogP contribution in [-0.4, -0.2) is 55.0 Å². The fourth-order valence-electron chi connectivity index (χ4n) is 3.74. The SMILES string of the molecule is COC(=O)CCC(=O)N1C[C@H]2CN(Cc3ccc(Cl)cc3)C[C@H]2C1. The highest BCUT2D eigenvalue weighted by Crippen LogP contribution is 2.32. The van der Waals surface area contributed by atoms with Gasteiger partial charge in [0.15, 0.2) is 0 Å². The largest absolute Gasteiger partial charge is 0.469 e. The van der Waals surface area contributed by atoms with Crippen LogP contribution < -0.4 is 0 Å². The molecule has 0 bridgehead atoms. The smallest absolute Gasteiger partial charge is 0.306 e. The van der Waals surface area contributed by atoms with Crippen molar-refractivity contribution in [3.63, 3.8) is 0 Å². The van der Waals surface area contributed by atoms with Crippen molar-refractivity contribution >= 4 is 23.5 Å². The van der Waals surface area contributed by atoms with Crippen molar-refractivity contribution in [3.8, 4) is 0 Å². The van der Waals surface area contributed by atoms with Crippen molar-refractivity contribution in [2.75, 3.05) is 33.3 Å². The molecule has 0 spiro atoms. The van der Waals surface area contributed by atoms with Crippen LogP contribution in [0.15, 0.2) is 24.3 Å². The van der Waals surface area contributed by atoms with E-state index in [1.807, 2.05) is 17.0 Å². The minimum absolute atomic E-state index is 0.0686. The van der Waals surface area contributed by atoms with Crippen molar-refractivity contribution in [1.82, 2.24) is 9.80 Å². The molecule has 1 amide bonds. The number of esters is 1. The van der Waals surface area contributed by atoms with Crippen molar-refractivity contribution in [2.45, 2.75) is 19.4 Å². The number of halogens is 1. The molecule has 2 atom stereocenters. The second kappa shape index (κ2) is 7.53. The molecule has 0 unspecified atom stereocenters. The van der Waals surface area contributed by atoms with E-state index in [1.54, 1.807) is 0 Å². The maximum atomic E-state index is 12.2. The zero-order valence-electron chi connectivity index (χ0n) is 13.9. The first-order chi connectivity index (χ1) is 11.5. The van der Waals surface area contributed by atoms with Gasteiger partial charge in [-0.3, -0.25) is 14.5 Å². The minimum Gasteiger partial charge on any atom is -0.469 e. The Bertz CT molecular complexity index is 591. The highest BCUT2D eigenvalue weighted by Gasteiger charge is 2.41. The van der Waals surface area contributed by atoms with Crippen molar-refractivity contribution in [2.24, 2.45) is 11.8 Å². The molecule has 24 heavy (non-hydrogen) atoms. The molecule has 1 aromatic carbocycles. The predicted octanol–water partition coefficient (Wildman–Crippen LogP) is 2.18. The molecule has 1 aromatic rings. The van der Waals surface area contributed by atoms with E-state index in [0.717, 1.165) is 37.7 Å². The molecule has 0 aromatic heterocycles. The summed E-state index contributed by atoms with van der Waals surface area (Å²) in [5, 5.41) is 0.762. The van der Waals surface area contributed by atoms with Crippen LogP contribution in [-0.2, 0) is 20.9 Å². The molecule has 130 valence electrons. The maximum absolute atomic E-state index is 12.2. The molecule has 2 saturated heterocycles. The van der Waals surface area contributed by atoms with E-state index in [2.05, 4.69) is 21.8 Å². The third-order valence-corrected chi connectivity index (χ3v) is 5.26. The summed E-state index contributed by atoms with van der Waals surface area (Å²) < 4.78 is 4.59. The molecule has 0 radical (unpaired) electrons.